The highest BCUT2D eigenvalue weighted by atomic mass is 15.2. The summed E-state index contributed by atoms with van der Waals surface area (Å²) in [4.78, 5) is 4.55. The molecule has 2 aromatic heterocycles. The first-order valence-electron chi connectivity index (χ1n) is 8.52. The van der Waals surface area contributed by atoms with Gasteiger partial charge in [-0.1, -0.05) is 48.5 Å². The normalized spacial score (nSPS) is 11.8. The van der Waals surface area contributed by atoms with Gasteiger partial charge < -0.3 is 9.88 Å². The molecule has 4 aromatic rings. The lowest BCUT2D eigenvalue weighted by molar-refractivity contribution is 0.793. The third kappa shape index (κ3) is 3.78. The zero-order chi connectivity index (χ0) is 17.6. The Morgan fingerprint density at radius 2 is 1.65 bits per heavy atom. The number of rotatable bonds is 6. The molecule has 26 heavy (non-hydrogen) atoms. The number of nitrogens with one attached hydrogen (secondary N) is 1. The molecule has 1 atom stereocenters. The average Bonchev–Trinajstić information content (AvgIpc) is 3.21. The second-order valence-corrected chi connectivity index (χ2v) is 6.08. The topological polar surface area (TPSA) is 55.6 Å². The molecule has 5 heteroatoms. The lowest BCUT2D eigenvalue weighted by Crippen LogP contribution is -2.14. The fraction of sp³-hybridized carbons (Fsp3) is 0.0952. The molecule has 0 spiro atoms. The van der Waals surface area contributed by atoms with Crippen molar-refractivity contribution in [3.8, 4) is 0 Å². The van der Waals surface area contributed by atoms with Gasteiger partial charge in [-0.3, -0.25) is 4.98 Å². The molecule has 0 radical (unpaired) electrons. The van der Waals surface area contributed by atoms with Crippen LogP contribution in [0.2, 0.25) is 0 Å². The van der Waals surface area contributed by atoms with Crippen molar-refractivity contribution in [1.82, 2.24) is 19.7 Å². The van der Waals surface area contributed by atoms with Crippen LogP contribution in [0.15, 0.2) is 91.6 Å². The Morgan fingerprint density at radius 1 is 0.846 bits per heavy atom. The predicted molar refractivity (Wildman–Crippen MR) is 102 cm³/mol. The predicted octanol–water partition coefficient (Wildman–Crippen LogP) is 3.92. The molecule has 0 bridgehead atoms. The van der Waals surface area contributed by atoms with Gasteiger partial charge in [-0.05, 0) is 35.4 Å². The molecular formula is C21H19N5. The van der Waals surface area contributed by atoms with Gasteiger partial charge in [0.05, 0.1) is 18.3 Å². The van der Waals surface area contributed by atoms with Crippen LogP contribution in [-0.4, -0.2) is 19.7 Å². The van der Waals surface area contributed by atoms with Gasteiger partial charge in [0.25, 0.3) is 0 Å². The average molecular weight is 341 g/mol. The van der Waals surface area contributed by atoms with E-state index in [2.05, 4.69) is 69.0 Å². The Bertz CT molecular complexity index is 897. The molecule has 0 unspecified atom stereocenters. The smallest absolute Gasteiger partial charge is 0.119 e. The molecule has 0 aliphatic carbocycles. The first-order chi connectivity index (χ1) is 12.9. The van der Waals surface area contributed by atoms with Gasteiger partial charge in [0.1, 0.15) is 12.7 Å². The first-order valence-corrected chi connectivity index (χ1v) is 8.52. The summed E-state index contributed by atoms with van der Waals surface area (Å²) in [6.45, 7) is 0.738. The highest BCUT2D eigenvalue weighted by Crippen LogP contribution is 2.25. The van der Waals surface area contributed by atoms with Crippen LogP contribution < -0.4 is 5.32 Å². The molecule has 0 saturated heterocycles. The molecule has 4 rings (SSSR count). The molecule has 2 aromatic carbocycles. The van der Waals surface area contributed by atoms with E-state index in [-0.39, 0.29) is 6.04 Å². The van der Waals surface area contributed by atoms with E-state index < -0.39 is 0 Å². The van der Waals surface area contributed by atoms with Crippen molar-refractivity contribution in [2.75, 3.05) is 5.32 Å². The van der Waals surface area contributed by atoms with Crippen molar-refractivity contribution in [3.05, 3.63) is 108 Å². The Kier molecular flexibility index (Phi) is 4.69. The van der Waals surface area contributed by atoms with Gasteiger partial charge in [-0.2, -0.15) is 0 Å². The standard InChI is InChI=1S/C21H19N5/c1-2-8-18(9-3-1)21(20-11-4-5-12-22-20)25-19-10-6-7-17(13-19)14-26-15-23-24-16-26/h1-13,15-16,21,25H,14H2/t21-/m1/s1. The summed E-state index contributed by atoms with van der Waals surface area (Å²) in [7, 11) is 0. The summed E-state index contributed by atoms with van der Waals surface area (Å²) in [5, 5.41) is 11.3. The Hall–Kier alpha value is -3.47. The minimum atomic E-state index is -0.0115. The highest BCUT2D eigenvalue weighted by molar-refractivity contribution is 5.50. The third-order valence-corrected chi connectivity index (χ3v) is 4.19. The van der Waals surface area contributed by atoms with Gasteiger partial charge in [0.15, 0.2) is 0 Å². The van der Waals surface area contributed by atoms with Crippen molar-refractivity contribution in [3.63, 3.8) is 0 Å². The SMILES string of the molecule is c1ccc([C@@H](Nc2cccc(Cn3cnnc3)c2)c2ccccn2)cc1. The molecule has 0 aliphatic rings. The van der Waals surface area contributed by atoms with E-state index in [9.17, 15) is 0 Å². The first kappa shape index (κ1) is 16.0. The van der Waals surface area contributed by atoms with Crippen LogP contribution in [0.25, 0.3) is 0 Å². The Labute approximate surface area is 152 Å². The number of aromatic nitrogens is 4. The van der Waals surface area contributed by atoms with E-state index in [0.29, 0.717) is 0 Å². The summed E-state index contributed by atoms with van der Waals surface area (Å²) >= 11 is 0. The quantitative estimate of drug-likeness (QED) is 0.577. The molecule has 0 amide bonds. The zero-order valence-corrected chi connectivity index (χ0v) is 14.2. The molecule has 2 heterocycles. The molecular weight excluding hydrogens is 322 g/mol. The van der Waals surface area contributed by atoms with Crippen molar-refractivity contribution in [1.29, 1.82) is 0 Å². The van der Waals surface area contributed by atoms with E-state index >= 15 is 0 Å². The largest absolute Gasteiger partial charge is 0.373 e. The van der Waals surface area contributed by atoms with Gasteiger partial charge >= 0.3 is 0 Å². The van der Waals surface area contributed by atoms with Crippen LogP contribution in [0.1, 0.15) is 22.9 Å². The van der Waals surface area contributed by atoms with Gasteiger partial charge in [-0.15, -0.1) is 10.2 Å². The van der Waals surface area contributed by atoms with E-state index in [0.717, 1.165) is 17.9 Å². The fourth-order valence-electron chi connectivity index (χ4n) is 2.96. The summed E-state index contributed by atoms with van der Waals surface area (Å²) in [6, 6.07) is 24.7. The van der Waals surface area contributed by atoms with E-state index in [4.69, 9.17) is 0 Å². The molecule has 0 fully saturated rings. The third-order valence-electron chi connectivity index (χ3n) is 4.19. The molecule has 128 valence electrons. The zero-order valence-electron chi connectivity index (χ0n) is 14.2. The van der Waals surface area contributed by atoms with Crippen LogP contribution in [0, 0.1) is 0 Å². The number of benzene rings is 2. The number of hydrogen-bond donors (Lipinski definition) is 1. The maximum absolute atomic E-state index is 4.55. The van der Waals surface area contributed by atoms with Crippen molar-refractivity contribution < 1.29 is 0 Å². The Morgan fingerprint density at radius 3 is 2.42 bits per heavy atom. The van der Waals surface area contributed by atoms with E-state index in [1.807, 2.05) is 35.0 Å². The fourth-order valence-corrected chi connectivity index (χ4v) is 2.96. The summed E-state index contributed by atoms with van der Waals surface area (Å²) in [6.07, 6.45) is 5.27. The van der Waals surface area contributed by atoms with Gasteiger partial charge in [-0.25, -0.2) is 0 Å². The molecule has 0 saturated carbocycles. The molecule has 0 aliphatic heterocycles. The molecule has 5 nitrogen and oxygen atoms in total. The van der Waals surface area contributed by atoms with Gasteiger partial charge in [0, 0.05) is 11.9 Å². The van der Waals surface area contributed by atoms with Crippen molar-refractivity contribution >= 4 is 5.69 Å². The maximum Gasteiger partial charge on any atom is 0.119 e. The monoisotopic (exact) mass is 341 g/mol. The number of hydrogen-bond acceptors (Lipinski definition) is 4. The maximum atomic E-state index is 4.55. The van der Waals surface area contributed by atoms with Crippen molar-refractivity contribution in [2.24, 2.45) is 0 Å². The van der Waals surface area contributed by atoms with Crippen LogP contribution >= 0.6 is 0 Å². The van der Waals surface area contributed by atoms with Crippen LogP contribution in [0.4, 0.5) is 5.69 Å². The van der Waals surface area contributed by atoms with E-state index in [1.54, 1.807) is 12.7 Å². The summed E-state index contributed by atoms with van der Waals surface area (Å²) < 4.78 is 1.95. The second-order valence-electron chi connectivity index (χ2n) is 6.08. The lowest BCUT2D eigenvalue weighted by Gasteiger charge is -2.20. The lowest BCUT2D eigenvalue weighted by atomic mass is 10.0. The van der Waals surface area contributed by atoms with Gasteiger partial charge in [0.2, 0.25) is 0 Å². The number of anilines is 1. The second kappa shape index (κ2) is 7.61. The minimum Gasteiger partial charge on any atom is -0.373 e. The number of nitrogens with zero attached hydrogens (tertiary/aromatic N) is 4. The molecule has 1 N–H and O–H groups in total. The van der Waals surface area contributed by atoms with Crippen LogP contribution in [0.3, 0.4) is 0 Å². The van der Waals surface area contributed by atoms with Crippen LogP contribution in [0.5, 0.6) is 0 Å². The van der Waals surface area contributed by atoms with Crippen molar-refractivity contribution in [2.45, 2.75) is 12.6 Å². The summed E-state index contributed by atoms with van der Waals surface area (Å²) in [5.41, 5.74) is 4.40. The highest BCUT2D eigenvalue weighted by Gasteiger charge is 2.15. The Balaban J connectivity index is 1.62. The minimum absolute atomic E-state index is 0.0115. The number of pyridine rings is 1. The van der Waals surface area contributed by atoms with Crippen LogP contribution in [-0.2, 0) is 6.54 Å². The summed E-state index contributed by atoms with van der Waals surface area (Å²) in [5.74, 6) is 0. The van der Waals surface area contributed by atoms with E-state index in [1.165, 1.54) is 11.1 Å².